The molecule has 33 heavy (non-hydrogen) atoms. The molecule has 0 saturated carbocycles. The fourth-order valence-electron chi connectivity index (χ4n) is 3.73. The Kier molecular flexibility index (Phi) is 8.27. The number of rotatable bonds is 8. The number of hydrogen-bond acceptors (Lipinski definition) is 8. The second-order valence-electron chi connectivity index (χ2n) is 7.91. The second-order valence-corrected chi connectivity index (χ2v) is 7.91. The minimum Gasteiger partial charge on any atom is -0.445 e. The van der Waals surface area contributed by atoms with E-state index in [9.17, 15) is 15.0 Å². The summed E-state index contributed by atoms with van der Waals surface area (Å²) in [5, 5.41) is 23.7. The van der Waals surface area contributed by atoms with Crippen molar-refractivity contribution in [3.63, 3.8) is 0 Å². The minimum absolute atomic E-state index is 0.195. The summed E-state index contributed by atoms with van der Waals surface area (Å²) in [6, 6.07) is 18.8. The molecule has 2 aromatic carbocycles. The summed E-state index contributed by atoms with van der Waals surface area (Å²) in [5.41, 5.74) is 1.73. The molecule has 1 amide bonds. The Hall–Kier alpha value is -2.53. The summed E-state index contributed by atoms with van der Waals surface area (Å²) in [6.45, 7) is 0.929. The Morgan fingerprint density at radius 1 is 1.00 bits per heavy atom. The van der Waals surface area contributed by atoms with E-state index in [1.54, 1.807) is 0 Å². The topological polar surface area (TPSA) is 116 Å². The molecule has 0 spiro atoms. The highest BCUT2D eigenvalue weighted by Crippen LogP contribution is 2.34. The summed E-state index contributed by atoms with van der Waals surface area (Å²) in [7, 11) is 0. The molecule has 2 aliphatic heterocycles. The Bertz CT molecular complexity index is 865. The molecule has 0 radical (unpaired) electrons. The molecule has 2 heterocycles. The molecule has 2 aliphatic rings. The predicted molar refractivity (Wildman–Crippen MR) is 116 cm³/mol. The van der Waals surface area contributed by atoms with E-state index < -0.39 is 43.1 Å². The zero-order valence-corrected chi connectivity index (χ0v) is 18.1. The molecular weight excluding hydrogens is 430 g/mol. The molecule has 2 saturated heterocycles. The van der Waals surface area contributed by atoms with E-state index >= 15 is 0 Å². The number of ether oxygens (including phenoxy) is 5. The van der Waals surface area contributed by atoms with Crippen molar-refractivity contribution in [3.05, 3.63) is 71.8 Å². The van der Waals surface area contributed by atoms with E-state index in [2.05, 4.69) is 5.32 Å². The highest BCUT2D eigenvalue weighted by atomic mass is 16.8. The van der Waals surface area contributed by atoms with Crippen LogP contribution in [0.5, 0.6) is 0 Å². The second kappa shape index (κ2) is 11.6. The van der Waals surface area contributed by atoms with Gasteiger partial charge in [-0.1, -0.05) is 60.7 Å². The van der Waals surface area contributed by atoms with Crippen LogP contribution in [-0.4, -0.2) is 66.8 Å². The number of carbonyl (C=O) groups excluding carboxylic acids is 1. The zero-order valence-electron chi connectivity index (χ0n) is 18.1. The lowest BCUT2D eigenvalue weighted by Gasteiger charge is -2.46. The third-order valence-corrected chi connectivity index (χ3v) is 5.49. The van der Waals surface area contributed by atoms with Crippen LogP contribution in [0.25, 0.3) is 0 Å². The van der Waals surface area contributed by atoms with Crippen LogP contribution in [0.3, 0.4) is 0 Å². The van der Waals surface area contributed by atoms with Gasteiger partial charge in [0, 0.05) is 12.1 Å². The Morgan fingerprint density at radius 2 is 1.73 bits per heavy atom. The molecule has 9 nitrogen and oxygen atoms in total. The van der Waals surface area contributed by atoms with Gasteiger partial charge in [0.05, 0.1) is 13.2 Å². The van der Waals surface area contributed by atoms with Crippen molar-refractivity contribution >= 4 is 6.09 Å². The summed E-state index contributed by atoms with van der Waals surface area (Å²) in [5.74, 6) is 0. The van der Waals surface area contributed by atoms with Crippen LogP contribution in [-0.2, 0) is 30.3 Å². The van der Waals surface area contributed by atoms with Crippen molar-refractivity contribution in [3.8, 4) is 0 Å². The number of benzene rings is 2. The Morgan fingerprint density at radius 3 is 2.48 bits per heavy atom. The molecule has 3 unspecified atom stereocenters. The molecule has 2 fully saturated rings. The summed E-state index contributed by atoms with van der Waals surface area (Å²) in [6.07, 6.45) is -5.47. The normalized spacial score (nSPS) is 29.2. The van der Waals surface area contributed by atoms with Gasteiger partial charge in [-0.05, 0) is 12.0 Å². The Labute approximate surface area is 192 Å². The van der Waals surface area contributed by atoms with Crippen LogP contribution in [0, 0.1) is 0 Å². The fraction of sp³-hybridized carbons (Fsp3) is 0.458. The first-order valence-electron chi connectivity index (χ1n) is 11.0. The quantitative estimate of drug-likeness (QED) is 0.513. The van der Waals surface area contributed by atoms with Crippen molar-refractivity contribution in [1.29, 1.82) is 0 Å². The molecule has 178 valence electrons. The number of hydrogen-bond donors (Lipinski definition) is 3. The van der Waals surface area contributed by atoms with Gasteiger partial charge in [0.25, 0.3) is 0 Å². The van der Waals surface area contributed by atoms with Crippen molar-refractivity contribution < 1.29 is 38.7 Å². The largest absolute Gasteiger partial charge is 0.445 e. The highest BCUT2D eigenvalue weighted by Gasteiger charge is 2.49. The van der Waals surface area contributed by atoms with Gasteiger partial charge in [-0.2, -0.15) is 0 Å². The van der Waals surface area contributed by atoms with Crippen LogP contribution in [0.4, 0.5) is 4.79 Å². The lowest BCUT2D eigenvalue weighted by Crippen LogP contribution is -2.62. The van der Waals surface area contributed by atoms with Crippen molar-refractivity contribution in [2.75, 3.05) is 19.8 Å². The number of carbonyl (C=O) groups is 1. The molecule has 0 bridgehead atoms. The number of alkyl carbamates (subject to hydrolysis) is 1. The van der Waals surface area contributed by atoms with Gasteiger partial charge in [-0.25, -0.2) is 4.79 Å². The molecule has 3 N–H and O–H groups in total. The van der Waals surface area contributed by atoms with E-state index in [1.807, 2.05) is 60.7 Å². The maximum atomic E-state index is 11.8. The van der Waals surface area contributed by atoms with Crippen molar-refractivity contribution in [2.24, 2.45) is 0 Å². The summed E-state index contributed by atoms with van der Waals surface area (Å²) < 4.78 is 28.1. The molecule has 0 aromatic heterocycles. The van der Waals surface area contributed by atoms with Gasteiger partial charge in [-0.3, -0.25) is 0 Å². The lowest BCUT2D eigenvalue weighted by atomic mass is 9.98. The third kappa shape index (κ3) is 6.29. The average molecular weight is 459 g/mol. The van der Waals surface area contributed by atoms with Gasteiger partial charge < -0.3 is 39.2 Å². The highest BCUT2D eigenvalue weighted by molar-refractivity contribution is 5.67. The SMILES string of the molecule is O=C(NCCCO[C@H]1OC2COC(c3ccccc3)O[C@H]2[C@H](O)C1O)OCc1ccccc1. The van der Waals surface area contributed by atoms with Gasteiger partial charge in [-0.15, -0.1) is 0 Å². The fourth-order valence-corrected chi connectivity index (χ4v) is 3.73. The van der Waals surface area contributed by atoms with E-state index in [0.29, 0.717) is 13.0 Å². The number of aliphatic hydroxyl groups excluding tert-OH is 2. The smallest absolute Gasteiger partial charge is 0.407 e. The average Bonchev–Trinajstić information content (AvgIpc) is 2.86. The van der Waals surface area contributed by atoms with E-state index in [-0.39, 0.29) is 19.8 Å². The third-order valence-electron chi connectivity index (χ3n) is 5.49. The van der Waals surface area contributed by atoms with Crippen LogP contribution in [0.15, 0.2) is 60.7 Å². The maximum absolute atomic E-state index is 11.8. The first-order chi connectivity index (χ1) is 16.1. The first kappa shape index (κ1) is 23.6. The van der Waals surface area contributed by atoms with E-state index in [4.69, 9.17) is 23.7 Å². The van der Waals surface area contributed by atoms with Crippen molar-refractivity contribution in [2.45, 2.75) is 50.0 Å². The summed E-state index contributed by atoms with van der Waals surface area (Å²) in [4.78, 5) is 11.8. The van der Waals surface area contributed by atoms with Crippen LogP contribution >= 0.6 is 0 Å². The monoisotopic (exact) mass is 459 g/mol. The number of aliphatic hydroxyl groups is 2. The van der Waals surface area contributed by atoms with Crippen LogP contribution in [0.1, 0.15) is 23.8 Å². The van der Waals surface area contributed by atoms with Gasteiger partial charge in [0.15, 0.2) is 12.6 Å². The molecular formula is C24H29NO8. The number of nitrogens with one attached hydrogen (secondary N) is 1. The van der Waals surface area contributed by atoms with Gasteiger partial charge in [0.1, 0.15) is 31.0 Å². The van der Waals surface area contributed by atoms with Crippen LogP contribution < -0.4 is 5.32 Å². The zero-order chi connectivity index (χ0) is 23.0. The van der Waals surface area contributed by atoms with Gasteiger partial charge >= 0.3 is 6.09 Å². The van der Waals surface area contributed by atoms with Gasteiger partial charge in [0.2, 0.25) is 0 Å². The first-order valence-corrected chi connectivity index (χ1v) is 11.0. The molecule has 4 rings (SSSR count). The van der Waals surface area contributed by atoms with Crippen LogP contribution in [0.2, 0.25) is 0 Å². The molecule has 9 heteroatoms. The number of fused-ring (bicyclic) bond motifs is 1. The van der Waals surface area contributed by atoms with Crippen molar-refractivity contribution in [1.82, 2.24) is 5.32 Å². The maximum Gasteiger partial charge on any atom is 0.407 e. The Balaban J connectivity index is 1.16. The van der Waals surface area contributed by atoms with E-state index in [0.717, 1.165) is 11.1 Å². The molecule has 2 aromatic rings. The minimum atomic E-state index is -1.27. The summed E-state index contributed by atoms with van der Waals surface area (Å²) >= 11 is 0. The predicted octanol–water partition coefficient (Wildman–Crippen LogP) is 1.88. The number of amides is 1. The molecule has 0 aliphatic carbocycles. The van der Waals surface area contributed by atoms with E-state index in [1.165, 1.54) is 0 Å². The molecule has 6 atom stereocenters. The standard InChI is InChI=1S/C24H29NO8/c26-19-20(27)23(29-13-7-12-25-24(28)31-14-16-8-3-1-4-9-16)32-18-15-30-22(33-21(18)19)17-10-5-2-6-11-17/h1-6,8-11,18-23,26-27H,7,12-15H2,(H,25,28)/t18?,19-,20?,21-,22?,23+/m1/s1. The lowest BCUT2D eigenvalue weighted by molar-refractivity contribution is -0.361.